The summed E-state index contributed by atoms with van der Waals surface area (Å²) in [6.07, 6.45) is 5.22. The van der Waals surface area contributed by atoms with Crippen LogP contribution in [-0.4, -0.2) is 24.7 Å². The number of carbonyl (C=O) groups excluding carboxylic acids is 1. The highest BCUT2D eigenvalue weighted by Crippen LogP contribution is 2.18. The minimum Gasteiger partial charge on any atom is -0.496 e. The zero-order valence-electron chi connectivity index (χ0n) is 15.5. The molecule has 0 atom stereocenters. The maximum Gasteiger partial charge on any atom is 0.250 e. The molecule has 2 aromatic rings. The normalized spacial score (nSPS) is 10.4. The monoisotopic (exact) mass is 384 g/mol. The third-order valence-corrected chi connectivity index (χ3v) is 3.87. The Hall–Kier alpha value is -2.86. The standard InChI is InChI=1S/C21H24N2O3S/c1-3-4-15-26-18-12-10-17(11-13-18)22-21(27)23-20(24)14-9-16-7-5-6-8-19(16)25-2/h5-14H,3-4,15H2,1-2H3,(H2,22,23,24,27). The molecule has 5 nitrogen and oxygen atoms in total. The Morgan fingerprint density at radius 2 is 1.89 bits per heavy atom. The predicted molar refractivity (Wildman–Crippen MR) is 113 cm³/mol. The van der Waals surface area contributed by atoms with Crippen LogP contribution in [0.25, 0.3) is 6.08 Å². The Morgan fingerprint density at radius 1 is 1.15 bits per heavy atom. The molecule has 27 heavy (non-hydrogen) atoms. The molecule has 0 bridgehead atoms. The highest BCUT2D eigenvalue weighted by Gasteiger charge is 2.03. The number of para-hydroxylation sites is 1. The van der Waals surface area contributed by atoms with Crippen LogP contribution in [0.15, 0.2) is 54.6 Å². The summed E-state index contributed by atoms with van der Waals surface area (Å²) in [4.78, 5) is 12.0. The Morgan fingerprint density at radius 3 is 2.59 bits per heavy atom. The van der Waals surface area contributed by atoms with E-state index in [1.807, 2.05) is 48.5 Å². The van der Waals surface area contributed by atoms with Crippen LogP contribution in [0.2, 0.25) is 0 Å². The van der Waals surface area contributed by atoms with Crippen molar-refractivity contribution in [2.45, 2.75) is 19.8 Å². The second kappa shape index (κ2) is 11.0. The zero-order chi connectivity index (χ0) is 19.5. The Kier molecular flexibility index (Phi) is 8.32. The van der Waals surface area contributed by atoms with E-state index in [1.165, 1.54) is 6.08 Å². The molecule has 2 aromatic carbocycles. The number of anilines is 1. The number of methoxy groups -OCH3 is 1. The maximum atomic E-state index is 12.0. The molecule has 0 aliphatic heterocycles. The fourth-order valence-electron chi connectivity index (χ4n) is 2.25. The summed E-state index contributed by atoms with van der Waals surface area (Å²) in [5.74, 6) is 1.19. The first kappa shape index (κ1) is 20.5. The van der Waals surface area contributed by atoms with Crippen LogP contribution in [0.1, 0.15) is 25.3 Å². The largest absolute Gasteiger partial charge is 0.496 e. The second-order valence-corrected chi connectivity index (χ2v) is 6.15. The van der Waals surface area contributed by atoms with Crippen molar-refractivity contribution >= 4 is 35.0 Å². The second-order valence-electron chi connectivity index (χ2n) is 5.75. The maximum absolute atomic E-state index is 12.0. The van der Waals surface area contributed by atoms with Gasteiger partial charge < -0.3 is 14.8 Å². The van der Waals surface area contributed by atoms with Crippen LogP contribution in [-0.2, 0) is 4.79 Å². The molecule has 0 saturated carbocycles. The Bertz CT molecular complexity index is 788. The van der Waals surface area contributed by atoms with E-state index in [0.717, 1.165) is 29.8 Å². The van der Waals surface area contributed by atoms with E-state index < -0.39 is 0 Å². The van der Waals surface area contributed by atoms with Crippen molar-refractivity contribution in [3.8, 4) is 11.5 Å². The lowest BCUT2D eigenvalue weighted by Gasteiger charge is -2.10. The van der Waals surface area contributed by atoms with E-state index >= 15 is 0 Å². The van der Waals surface area contributed by atoms with Gasteiger partial charge in [-0.3, -0.25) is 10.1 Å². The van der Waals surface area contributed by atoms with Gasteiger partial charge in [0.2, 0.25) is 5.91 Å². The van der Waals surface area contributed by atoms with Gasteiger partial charge in [0.25, 0.3) is 0 Å². The Labute approximate surface area is 165 Å². The van der Waals surface area contributed by atoms with E-state index in [1.54, 1.807) is 13.2 Å². The first-order valence-electron chi connectivity index (χ1n) is 8.78. The molecule has 0 aliphatic rings. The molecule has 142 valence electrons. The lowest BCUT2D eigenvalue weighted by atomic mass is 10.2. The van der Waals surface area contributed by atoms with Gasteiger partial charge in [-0.1, -0.05) is 31.5 Å². The van der Waals surface area contributed by atoms with Gasteiger partial charge in [-0.05, 0) is 55.0 Å². The molecule has 0 spiro atoms. The zero-order valence-corrected chi connectivity index (χ0v) is 16.3. The van der Waals surface area contributed by atoms with Crippen molar-refractivity contribution in [3.63, 3.8) is 0 Å². The summed E-state index contributed by atoms with van der Waals surface area (Å²) in [7, 11) is 1.59. The molecule has 0 unspecified atom stereocenters. The van der Waals surface area contributed by atoms with E-state index in [4.69, 9.17) is 21.7 Å². The fourth-order valence-corrected chi connectivity index (χ4v) is 2.47. The summed E-state index contributed by atoms with van der Waals surface area (Å²) in [6.45, 7) is 2.83. The first-order valence-corrected chi connectivity index (χ1v) is 9.19. The fraction of sp³-hybridized carbons (Fsp3) is 0.238. The van der Waals surface area contributed by atoms with Crippen molar-refractivity contribution < 1.29 is 14.3 Å². The SMILES string of the molecule is CCCCOc1ccc(NC(=S)NC(=O)C=Cc2ccccc2OC)cc1. The molecule has 2 rings (SSSR count). The highest BCUT2D eigenvalue weighted by molar-refractivity contribution is 7.80. The average Bonchev–Trinajstić information content (AvgIpc) is 2.68. The van der Waals surface area contributed by atoms with Gasteiger partial charge >= 0.3 is 0 Å². The molecule has 0 fully saturated rings. The van der Waals surface area contributed by atoms with Crippen LogP contribution in [0.3, 0.4) is 0 Å². The van der Waals surface area contributed by atoms with Gasteiger partial charge in [0.15, 0.2) is 5.11 Å². The number of amides is 1. The van der Waals surface area contributed by atoms with E-state index in [2.05, 4.69) is 17.6 Å². The summed E-state index contributed by atoms with van der Waals surface area (Å²) in [5, 5.41) is 5.81. The molecule has 0 aromatic heterocycles. The smallest absolute Gasteiger partial charge is 0.250 e. The number of nitrogens with one attached hydrogen (secondary N) is 2. The summed E-state index contributed by atoms with van der Waals surface area (Å²) >= 11 is 5.18. The molecular formula is C21H24N2O3S. The van der Waals surface area contributed by atoms with Crippen molar-refractivity contribution in [2.24, 2.45) is 0 Å². The number of benzene rings is 2. The third kappa shape index (κ3) is 7.11. The topological polar surface area (TPSA) is 59.6 Å². The molecule has 6 heteroatoms. The van der Waals surface area contributed by atoms with Crippen molar-refractivity contribution in [2.75, 3.05) is 19.0 Å². The van der Waals surface area contributed by atoms with Gasteiger partial charge in [-0.2, -0.15) is 0 Å². The Balaban J connectivity index is 1.84. The summed E-state index contributed by atoms with van der Waals surface area (Å²) in [5.41, 5.74) is 1.59. The minimum absolute atomic E-state index is 0.226. The number of ether oxygens (including phenoxy) is 2. The lowest BCUT2D eigenvalue weighted by molar-refractivity contribution is -0.115. The number of rotatable bonds is 8. The lowest BCUT2D eigenvalue weighted by Crippen LogP contribution is -2.32. The van der Waals surface area contributed by atoms with Crippen LogP contribution in [0.4, 0.5) is 5.69 Å². The van der Waals surface area contributed by atoms with E-state index in [-0.39, 0.29) is 11.0 Å². The quantitative estimate of drug-likeness (QED) is 0.401. The number of hydrogen-bond acceptors (Lipinski definition) is 4. The number of thiocarbonyl (C=S) groups is 1. The molecular weight excluding hydrogens is 360 g/mol. The van der Waals surface area contributed by atoms with Gasteiger partial charge in [0.1, 0.15) is 11.5 Å². The molecule has 1 amide bonds. The van der Waals surface area contributed by atoms with Crippen molar-refractivity contribution in [1.29, 1.82) is 0 Å². The number of hydrogen-bond donors (Lipinski definition) is 2. The summed E-state index contributed by atoms with van der Waals surface area (Å²) in [6, 6.07) is 14.9. The van der Waals surface area contributed by atoms with Gasteiger partial charge in [-0.15, -0.1) is 0 Å². The predicted octanol–water partition coefficient (Wildman–Crippen LogP) is 4.40. The number of unbranched alkanes of at least 4 members (excludes halogenated alkanes) is 1. The van der Waals surface area contributed by atoms with Gasteiger partial charge in [0, 0.05) is 17.3 Å². The van der Waals surface area contributed by atoms with Crippen LogP contribution in [0.5, 0.6) is 11.5 Å². The summed E-state index contributed by atoms with van der Waals surface area (Å²) < 4.78 is 10.9. The molecule has 0 aliphatic carbocycles. The van der Waals surface area contributed by atoms with Gasteiger partial charge in [-0.25, -0.2) is 0 Å². The molecule has 2 N–H and O–H groups in total. The van der Waals surface area contributed by atoms with Crippen LogP contribution < -0.4 is 20.1 Å². The van der Waals surface area contributed by atoms with Crippen molar-refractivity contribution in [1.82, 2.24) is 5.32 Å². The molecule has 0 radical (unpaired) electrons. The van der Waals surface area contributed by atoms with Gasteiger partial charge in [0.05, 0.1) is 13.7 Å². The first-order chi connectivity index (χ1) is 13.1. The van der Waals surface area contributed by atoms with E-state index in [9.17, 15) is 4.79 Å². The molecule has 0 heterocycles. The van der Waals surface area contributed by atoms with E-state index in [0.29, 0.717) is 12.4 Å². The van der Waals surface area contributed by atoms with Crippen LogP contribution in [0, 0.1) is 0 Å². The average molecular weight is 385 g/mol. The minimum atomic E-state index is -0.321. The third-order valence-electron chi connectivity index (χ3n) is 3.67. The highest BCUT2D eigenvalue weighted by atomic mass is 32.1. The van der Waals surface area contributed by atoms with Crippen molar-refractivity contribution in [3.05, 3.63) is 60.2 Å². The molecule has 0 saturated heterocycles. The number of carbonyl (C=O) groups is 1. The van der Waals surface area contributed by atoms with Crippen LogP contribution >= 0.6 is 12.2 Å².